The zero-order valence-electron chi connectivity index (χ0n) is 16.7. The number of carbonyl (C=O) groups is 1. The summed E-state index contributed by atoms with van der Waals surface area (Å²) in [5, 5.41) is 0.583. The zero-order valence-corrected chi connectivity index (χ0v) is 17.4. The van der Waals surface area contributed by atoms with Crippen LogP contribution in [0.2, 0.25) is 5.02 Å². The molecule has 31 heavy (non-hydrogen) atoms. The van der Waals surface area contributed by atoms with E-state index in [0.29, 0.717) is 42.1 Å². The van der Waals surface area contributed by atoms with Crippen molar-refractivity contribution in [3.05, 3.63) is 101 Å². The average molecular weight is 434 g/mol. The number of carbonyl (C=O) groups excluding carboxylic acids is 1. The molecule has 0 unspecified atom stereocenters. The maximum atomic E-state index is 12.3. The van der Waals surface area contributed by atoms with Gasteiger partial charge in [-0.25, -0.2) is 9.79 Å². The van der Waals surface area contributed by atoms with Crippen molar-refractivity contribution in [3.8, 4) is 11.5 Å². The lowest BCUT2D eigenvalue weighted by Crippen LogP contribution is -2.06. The molecule has 0 aliphatic carbocycles. The summed E-state index contributed by atoms with van der Waals surface area (Å²) in [4.78, 5) is 16.6. The molecule has 0 N–H and O–H groups in total. The van der Waals surface area contributed by atoms with E-state index in [9.17, 15) is 4.79 Å². The highest BCUT2D eigenvalue weighted by atomic mass is 35.5. The van der Waals surface area contributed by atoms with Gasteiger partial charge in [-0.15, -0.1) is 0 Å². The van der Waals surface area contributed by atoms with Gasteiger partial charge in [0.15, 0.2) is 5.70 Å². The summed E-state index contributed by atoms with van der Waals surface area (Å²) in [6.45, 7) is 0.928. The standard InChI is InChI=1S/C25H20ClNO4/c26-20-12-5-7-14-23(20)30-16-8-15-29-22-13-6-4-11-19(22)17-21-25(28)31-24(27-21)18-9-2-1-3-10-18/h1-7,9-14,17H,8,15-16H2. The van der Waals surface area contributed by atoms with Crippen LogP contribution in [0.25, 0.3) is 6.08 Å². The van der Waals surface area contributed by atoms with Crippen LogP contribution in [-0.2, 0) is 9.53 Å². The quantitative estimate of drug-likeness (QED) is 0.266. The fraction of sp³-hybridized carbons (Fsp3) is 0.120. The third kappa shape index (κ3) is 5.32. The maximum absolute atomic E-state index is 12.3. The van der Waals surface area contributed by atoms with Gasteiger partial charge in [-0.3, -0.25) is 0 Å². The first-order valence-corrected chi connectivity index (χ1v) is 10.3. The molecule has 6 heteroatoms. The summed E-state index contributed by atoms with van der Waals surface area (Å²) in [5.41, 5.74) is 1.73. The number of cyclic esters (lactones) is 1. The van der Waals surface area contributed by atoms with E-state index in [0.717, 1.165) is 11.1 Å². The Bertz CT molecular complexity index is 1130. The molecule has 1 heterocycles. The predicted octanol–water partition coefficient (Wildman–Crippen LogP) is 5.53. The summed E-state index contributed by atoms with van der Waals surface area (Å²) in [5.74, 6) is 1.12. The van der Waals surface area contributed by atoms with Crippen LogP contribution in [0.5, 0.6) is 11.5 Å². The number of hydrogen-bond donors (Lipinski definition) is 0. The highest BCUT2D eigenvalue weighted by Crippen LogP contribution is 2.25. The molecule has 0 spiro atoms. The van der Waals surface area contributed by atoms with Gasteiger partial charge >= 0.3 is 5.97 Å². The molecule has 0 saturated carbocycles. The number of aliphatic imine (C=N–C) groups is 1. The molecule has 4 rings (SSSR count). The van der Waals surface area contributed by atoms with Crippen molar-refractivity contribution < 1.29 is 19.0 Å². The molecular weight excluding hydrogens is 414 g/mol. The molecule has 1 aliphatic rings. The van der Waals surface area contributed by atoms with Crippen molar-refractivity contribution in [1.82, 2.24) is 0 Å². The highest BCUT2D eigenvalue weighted by molar-refractivity contribution is 6.32. The molecule has 0 bridgehead atoms. The third-order valence-electron chi connectivity index (χ3n) is 4.49. The van der Waals surface area contributed by atoms with Gasteiger partial charge in [-0.05, 0) is 36.4 Å². The molecule has 1 aliphatic heterocycles. The predicted molar refractivity (Wildman–Crippen MR) is 121 cm³/mol. The summed E-state index contributed by atoms with van der Waals surface area (Å²) >= 11 is 6.08. The van der Waals surface area contributed by atoms with Crippen molar-refractivity contribution >= 4 is 29.5 Å². The van der Waals surface area contributed by atoms with Crippen molar-refractivity contribution in [2.45, 2.75) is 6.42 Å². The molecule has 0 saturated heterocycles. The van der Waals surface area contributed by atoms with Crippen molar-refractivity contribution in [3.63, 3.8) is 0 Å². The number of hydrogen-bond acceptors (Lipinski definition) is 5. The van der Waals surface area contributed by atoms with Crippen molar-refractivity contribution in [1.29, 1.82) is 0 Å². The van der Waals surface area contributed by atoms with E-state index < -0.39 is 5.97 Å². The molecule has 0 radical (unpaired) electrons. The number of para-hydroxylation sites is 2. The minimum absolute atomic E-state index is 0.233. The lowest BCUT2D eigenvalue weighted by atomic mass is 10.1. The van der Waals surface area contributed by atoms with Gasteiger partial charge in [0, 0.05) is 17.5 Å². The van der Waals surface area contributed by atoms with Crippen LogP contribution in [-0.4, -0.2) is 25.1 Å². The second kappa shape index (κ2) is 9.96. The Hall–Kier alpha value is -3.57. The maximum Gasteiger partial charge on any atom is 0.363 e. The smallest absolute Gasteiger partial charge is 0.363 e. The van der Waals surface area contributed by atoms with E-state index in [2.05, 4.69) is 4.99 Å². The van der Waals surface area contributed by atoms with E-state index >= 15 is 0 Å². The molecule has 0 amide bonds. The fourth-order valence-corrected chi connectivity index (χ4v) is 3.17. The monoisotopic (exact) mass is 433 g/mol. The molecule has 3 aromatic rings. The minimum atomic E-state index is -0.484. The number of nitrogens with zero attached hydrogens (tertiary/aromatic N) is 1. The summed E-state index contributed by atoms with van der Waals surface area (Å²) < 4.78 is 16.9. The van der Waals surface area contributed by atoms with E-state index in [1.165, 1.54) is 0 Å². The number of ether oxygens (including phenoxy) is 3. The first-order chi connectivity index (χ1) is 15.2. The Morgan fingerprint density at radius 2 is 1.48 bits per heavy atom. The van der Waals surface area contributed by atoms with E-state index in [1.807, 2.05) is 72.8 Å². The lowest BCUT2D eigenvalue weighted by molar-refractivity contribution is -0.129. The van der Waals surface area contributed by atoms with Gasteiger partial charge in [-0.1, -0.05) is 60.1 Å². The number of esters is 1. The Kier molecular flexibility index (Phi) is 6.65. The van der Waals surface area contributed by atoms with Gasteiger partial charge in [0.2, 0.25) is 5.90 Å². The van der Waals surface area contributed by atoms with Crippen LogP contribution in [0.15, 0.2) is 89.6 Å². The van der Waals surface area contributed by atoms with Gasteiger partial charge in [-0.2, -0.15) is 0 Å². The minimum Gasteiger partial charge on any atom is -0.493 e. The van der Waals surface area contributed by atoms with Crippen molar-refractivity contribution in [2.24, 2.45) is 4.99 Å². The summed E-state index contributed by atoms with van der Waals surface area (Å²) in [6.07, 6.45) is 2.35. The van der Waals surface area contributed by atoms with Crippen LogP contribution in [0.1, 0.15) is 17.5 Å². The highest BCUT2D eigenvalue weighted by Gasteiger charge is 2.24. The van der Waals surface area contributed by atoms with Gasteiger partial charge < -0.3 is 14.2 Å². The third-order valence-corrected chi connectivity index (χ3v) is 4.81. The van der Waals surface area contributed by atoms with Crippen LogP contribution in [0.4, 0.5) is 0 Å². The molecule has 0 aromatic heterocycles. The van der Waals surface area contributed by atoms with E-state index in [4.69, 9.17) is 25.8 Å². The van der Waals surface area contributed by atoms with E-state index in [-0.39, 0.29) is 5.70 Å². The SMILES string of the molecule is O=C1OC(c2ccccc2)=NC1=Cc1ccccc1OCCCOc1ccccc1Cl. The van der Waals surface area contributed by atoms with Gasteiger partial charge in [0.25, 0.3) is 0 Å². The Morgan fingerprint density at radius 3 is 2.26 bits per heavy atom. The summed E-state index contributed by atoms with van der Waals surface area (Å²) in [7, 11) is 0. The molecular formula is C25H20ClNO4. The number of halogens is 1. The van der Waals surface area contributed by atoms with Gasteiger partial charge in [0.1, 0.15) is 11.5 Å². The first-order valence-electron chi connectivity index (χ1n) is 9.88. The summed E-state index contributed by atoms with van der Waals surface area (Å²) in [6, 6.07) is 24.1. The van der Waals surface area contributed by atoms with Crippen LogP contribution >= 0.6 is 11.6 Å². The van der Waals surface area contributed by atoms with E-state index in [1.54, 1.807) is 12.1 Å². The molecule has 156 valence electrons. The lowest BCUT2D eigenvalue weighted by Gasteiger charge is -2.10. The molecule has 0 fully saturated rings. The normalized spacial score (nSPS) is 14.3. The molecule has 5 nitrogen and oxygen atoms in total. The van der Waals surface area contributed by atoms with Crippen LogP contribution < -0.4 is 9.47 Å². The molecule has 3 aromatic carbocycles. The number of rotatable bonds is 8. The Morgan fingerprint density at radius 1 is 0.839 bits per heavy atom. The van der Waals surface area contributed by atoms with Crippen molar-refractivity contribution in [2.75, 3.05) is 13.2 Å². The largest absolute Gasteiger partial charge is 0.493 e. The van der Waals surface area contributed by atoms with Crippen LogP contribution in [0.3, 0.4) is 0 Å². The second-order valence-corrected chi connectivity index (χ2v) is 7.13. The second-order valence-electron chi connectivity index (χ2n) is 6.72. The first kappa shape index (κ1) is 20.7. The molecule has 0 atom stereocenters. The van der Waals surface area contributed by atoms with Gasteiger partial charge in [0.05, 0.1) is 18.2 Å². The zero-order chi connectivity index (χ0) is 21.5. The Labute approximate surface area is 185 Å². The fourth-order valence-electron chi connectivity index (χ4n) is 2.98. The topological polar surface area (TPSA) is 57.1 Å². The van der Waals surface area contributed by atoms with Crippen LogP contribution in [0, 0.1) is 0 Å². The Balaban J connectivity index is 1.39. The number of benzene rings is 3. The average Bonchev–Trinajstić information content (AvgIpc) is 3.16.